The molecule has 2 amide bonds. The maximum absolute atomic E-state index is 11.8. The van der Waals surface area contributed by atoms with Gasteiger partial charge in [-0.05, 0) is 45.6 Å². The second-order valence-electron chi connectivity index (χ2n) is 6.51. The Morgan fingerprint density at radius 3 is 2.42 bits per heavy atom. The van der Waals surface area contributed by atoms with Gasteiger partial charge in [-0.25, -0.2) is 4.99 Å². The Bertz CT molecular complexity index is 570. The standard InChI is InChI=1S/C17H29N5O2S.HI/c1-5-18-16(21-12-14(23)22-17(2,3)4)20-10-7-9-19-15(24)13-8-6-11-25-13;/h6,8,11H,5,7,9-10,12H2,1-4H3,(H,19,24)(H,22,23)(H2,18,20,21);1H. The Balaban J connectivity index is 0.00000625. The zero-order chi connectivity index (χ0) is 18.7. The van der Waals surface area contributed by atoms with E-state index in [4.69, 9.17) is 0 Å². The number of guanidine groups is 1. The molecule has 0 bridgehead atoms. The molecule has 0 aliphatic rings. The predicted molar refractivity (Wildman–Crippen MR) is 119 cm³/mol. The van der Waals surface area contributed by atoms with Gasteiger partial charge in [0.2, 0.25) is 5.91 Å². The largest absolute Gasteiger partial charge is 0.357 e. The van der Waals surface area contributed by atoms with Crippen LogP contribution in [0.4, 0.5) is 0 Å². The number of nitrogens with one attached hydrogen (secondary N) is 4. The molecule has 0 fully saturated rings. The van der Waals surface area contributed by atoms with Crippen LogP contribution in [-0.2, 0) is 4.79 Å². The minimum absolute atomic E-state index is 0. The highest BCUT2D eigenvalue weighted by molar-refractivity contribution is 14.0. The summed E-state index contributed by atoms with van der Waals surface area (Å²) < 4.78 is 0. The fraction of sp³-hybridized carbons (Fsp3) is 0.588. The Labute approximate surface area is 176 Å². The predicted octanol–water partition coefficient (Wildman–Crippen LogP) is 1.96. The third-order valence-corrected chi connectivity index (χ3v) is 3.78. The highest BCUT2D eigenvalue weighted by Gasteiger charge is 2.13. The van der Waals surface area contributed by atoms with Gasteiger partial charge in [0, 0.05) is 25.2 Å². The molecule has 0 saturated carbocycles. The lowest BCUT2D eigenvalue weighted by Crippen LogP contribution is -2.43. The zero-order valence-electron chi connectivity index (χ0n) is 15.8. The molecule has 0 radical (unpaired) electrons. The van der Waals surface area contributed by atoms with E-state index in [1.54, 1.807) is 6.07 Å². The molecule has 1 heterocycles. The summed E-state index contributed by atoms with van der Waals surface area (Å²) in [4.78, 5) is 28.6. The van der Waals surface area contributed by atoms with Crippen LogP contribution in [0.15, 0.2) is 22.5 Å². The van der Waals surface area contributed by atoms with Crippen LogP contribution in [0, 0.1) is 0 Å². The summed E-state index contributed by atoms with van der Waals surface area (Å²) in [6.07, 6.45) is 0.760. The van der Waals surface area contributed by atoms with Crippen LogP contribution in [-0.4, -0.2) is 49.5 Å². The number of hydrogen-bond acceptors (Lipinski definition) is 4. The maximum Gasteiger partial charge on any atom is 0.261 e. The Kier molecular flexibility index (Phi) is 12.2. The highest BCUT2D eigenvalue weighted by Crippen LogP contribution is 2.07. The van der Waals surface area contributed by atoms with Crippen molar-refractivity contribution in [1.82, 2.24) is 21.3 Å². The van der Waals surface area contributed by atoms with Gasteiger partial charge < -0.3 is 21.3 Å². The lowest BCUT2D eigenvalue weighted by molar-refractivity contribution is -0.121. The van der Waals surface area contributed by atoms with E-state index < -0.39 is 0 Å². The molecule has 0 saturated heterocycles. The van der Waals surface area contributed by atoms with Crippen molar-refractivity contribution in [3.8, 4) is 0 Å². The van der Waals surface area contributed by atoms with E-state index in [0.29, 0.717) is 30.5 Å². The number of rotatable bonds is 8. The van der Waals surface area contributed by atoms with Gasteiger partial charge in [0.25, 0.3) is 5.91 Å². The molecule has 0 aliphatic heterocycles. The van der Waals surface area contributed by atoms with Crippen molar-refractivity contribution in [2.75, 3.05) is 26.2 Å². The Morgan fingerprint density at radius 1 is 1.15 bits per heavy atom. The Morgan fingerprint density at radius 2 is 1.85 bits per heavy atom. The van der Waals surface area contributed by atoms with Crippen molar-refractivity contribution < 1.29 is 9.59 Å². The number of hydrogen-bond donors (Lipinski definition) is 4. The number of halogens is 1. The van der Waals surface area contributed by atoms with Gasteiger partial charge in [-0.3, -0.25) is 9.59 Å². The van der Waals surface area contributed by atoms with E-state index in [1.165, 1.54) is 11.3 Å². The summed E-state index contributed by atoms with van der Waals surface area (Å²) in [5, 5.41) is 13.9. The van der Waals surface area contributed by atoms with Crippen LogP contribution >= 0.6 is 35.3 Å². The maximum atomic E-state index is 11.8. The summed E-state index contributed by atoms with van der Waals surface area (Å²) >= 11 is 1.42. The summed E-state index contributed by atoms with van der Waals surface area (Å²) in [5.41, 5.74) is -0.265. The molecule has 1 rings (SSSR count). The first-order valence-electron chi connectivity index (χ1n) is 8.46. The van der Waals surface area contributed by atoms with Crippen LogP contribution in [0.5, 0.6) is 0 Å². The molecular formula is C17H30IN5O2S. The molecule has 9 heteroatoms. The quantitative estimate of drug-likeness (QED) is 0.192. The lowest BCUT2D eigenvalue weighted by Gasteiger charge is -2.20. The van der Waals surface area contributed by atoms with Gasteiger partial charge in [-0.1, -0.05) is 6.07 Å². The lowest BCUT2D eigenvalue weighted by atomic mass is 10.1. The SMILES string of the molecule is CCNC(=NCC(=O)NC(C)(C)C)NCCCNC(=O)c1cccs1.I. The normalized spacial score (nSPS) is 11.3. The average molecular weight is 495 g/mol. The van der Waals surface area contributed by atoms with E-state index in [-0.39, 0.29) is 47.9 Å². The molecule has 0 aliphatic carbocycles. The van der Waals surface area contributed by atoms with E-state index in [2.05, 4.69) is 26.3 Å². The molecule has 0 unspecified atom stereocenters. The van der Waals surface area contributed by atoms with Crippen LogP contribution in [0.2, 0.25) is 0 Å². The number of carbonyl (C=O) groups excluding carboxylic acids is 2. The first-order valence-corrected chi connectivity index (χ1v) is 9.34. The van der Waals surface area contributed by atoms with Gasteiger partial charge in [-0.2, -0.15) is 0 Å². The van der Waals surface area contributed by atoms with E-state index >= 15 is 0 Å². The molecule has 26 heavy (non-hydrogen) atoms. The van der Waals surface area contributed by atoms with Crippen LogP contribution in [0.25, 0.3) is 0 Å². The van der Waals surface area contributed by atoms with Gasteiger partial charge >= 0.3 is 0 Å². The number of carbonyl (C=O) groups is 2. The van der Waals surface area contributed by atoms with Crippen molar-refractivity contribution in [1.29, 1.82) is 0 Å². The first-order chi connectivity index (χ1) is 11.8. The monoisotopic (exact) mass is 495 g/mol. The second kappa shape index (κ2) is 12.9. The van der Waals surface area contributed by atoms with Crippen molar-refractivity contribution in [3.63, 3.8) is 0 Å². The van der Waals surface area contributed by atoms with Crippen molar-refractivity contribution >= 4 is 53.1 Å². The van der Waals surface area contributed by atoms with Gasteiger partial charge in [-0.15, -0.1) is 35.3 Å². The van der Waals surface area contributed by atoms with Crippen molar-refractivity contribution in [3.05, 3.63) is 22.4 Å². The molecule has 0 spiro atoms. The van der Waals surface area contributed by atoms with Gasteiger partial charge in [0.15, 0.2) is 5.96 Å². The third-order valence-electron chi connectivity index (χ3n) is 2.92. The van der Waals surface area contributed by atoms with E-state index in [0.717, 1.165) is 6.42 Å². The smallest absolute Gasteiger partial charge is 0.261 e. The van der Waals surface area contributed by atoms with E-state index in [1.807, 2.05) is 39.1 Å². The number of aliphatic imine (C=N–C) groups is 1. The fourth-order valence-electron chi connectivity index (χ4n) is 1.94. The molecule has 1 aromatic rings. The Hall–Kier alpha value is -1.36. The molecular weight excluding hydrogens is 465 g/mol. The van der Waals surface area contributed by atoms with Gasteiger partial charge in [0.1, 0.15) is 6.54 Å². The first kappa shape index (κ1) is 24.6. The molecule has 0 aromatic carbocycles. The van der Waals surface area contributed by atoms with Crippen LogP contribution in [0.3, 0.4) is 0 Å². The van der Waals surface area contributed by atoms with Crippen molar-refractivity contribution in [2.45, 2.75) is 39.7 Å². The zero-order valence-corrected chi connectivity index (χ0v) is 19.0. The number of amides is 2. The minimum atomic E-state index is -0.265. The summed E-state index contributed by atoms with van der Waals surface area (Å²) in [6, 6.07) is 3.66. The van der Waals surface area contributed by atoms with Crippen LogP contribution < -0.4 is 21.3 Å². The van der Waals surface area contributed by atoms with Gasteiger partial charge in [0.05, 0.1) is 4.88 Å². The fourth-order valence-corrected chi connectivity index (χ4v) is 2.58. The molecule has 4 N–H and O–H groups in total. The highest BCUT2D eigenvalue weighted by atomic mass is 127. The van der Waals surface area contributed by atoms with Crippen LogP contribution in [0.1, 0.15) is 43.8 Å². The second-order valence-corrected chi connectivity index (χ2v) is 7.45. The number of nitrogens with zero attached hydrogens (tertiary/aromatic N) is 1. The third kappa shape index (κ3) is 11.3. The van der Waals surface area contributed by atoms with E-state index in [9.17, 15) is 9.59 Å². The average Bonchev–Trinajstić information content (AvgIpc) is 3.04. The topological polar surface area (TPSA) is 94.6 Å². The summed E-state index contributed by atoms with van der Waals surface area (Å²) in [6.45, 7) is 9.77. The minimum Gasteiger partial charge on any atom is -0.357 e. The number of thiophene rings is 1. The molecule has 0 atom stereocenters. The molecule has 7 nitrogen and oxygen atoms in total. The summed E-state index contributed by atoms with van der Waals surface area (Å²) in [5.74, 6) is 0.429. The molecule has 148 valence electrons. The molecule has 1 aromatic heterocycles. The van der Waals surface area contributed by atoms with Crippen molar-refractivity contribution in [2.24, 2.45) is 4.99 Å². The summed E-state index contributed by atoms with van der Waals surface area (Å²) in [7, 11) is 0.